The zero-order valence-electron chi connectivity index (χ0n) is 14.3. The minimum absolute atomic E-state index is 0.0440. The molecule has 1 aromatic rings. The Hall–Kier alpha value is -2.16. The number of esters is 1. The van der Waals surface area contributed by atoms with Crippen LogP contribution >= 0.6 is 0 Å². The predicted octanol–water partition coefficient (Wildman–Crippen LogP) is 0.673. The van der Waals surface area contributed by atoms with Crippen molar-refractivity contribution in [1.29, 1.82) is 0 Å². The number of ether oxygens (including phenoxy) is 2. The molecule has 2 heterocycles. The molecule has 0 bridgehead atoms. The van der Waals surface area contributed by atoms with E-state index in [1.165, 1.54) is 17.2 Å². The Morgan fingerprint density at radius 2 is 2.12 bits per heavy atom. The standard InChI is InChI=1S/C16H22N2O6S/c1-3-18(12-7-9-25(21,22)11-12)14(19)10-24-16(20)13-6-5-8-17-15(13)23-4-2/h5-6,8,12H,3-4,7,9-11H2,1-2H3/t12-/m0/s1. The van der Waals surface area contributed by atoms with Crippen molar-refractivity contribution in [3.63, 3.8) is 0 Å². The number of hydrogen-bond donors (Lipinski definition) is 0. The molecule has 1 saturated heterocycles. The molecule has 0 spiro atoms. The number of carbonyl (C=O) groups is 2. The van der Waals surface area contributed by atoms with Crippen LogP contribution < -0.4 is 4.74 Å². The molecular weight excluding hydrogens is 348 g/mol. The fourth-order valence-corrected chi connectivity index (χ4v) is 4.48. The fraction of sp³-hybridized carbons (Fsp3) is 0.562. The van der Waals surface area contributed by atoms with E-state index >= 15 is 0 Å². The second-order valence-electron chi connectivity index (χ2n) is 5.60. The van der Waals surface area contributed by atoms with Crippen molar-refractivity contribution in [2.75, 3.05) is 31.3 Å². The highest BCUT2D eigenvalue weighted by molar-refractivity contribution is 7.91. The van der Waals surface area contributed by atoms with Crippen molar-refractivity contribution in [3.8, 4) is 5.88 Å². The minimum Gasteiger partial charge on any atom is -0.477 e. The first-order valence-corrected chi connectivity index (χ1v) is 9.95. The van der Waals surface area contributed by atoms with E-state index in [2.05, 4.69) is 4.98 Å². The molecule has 138 valence electrons. The Bertz CT molecular complexity index is 734. The Morgan fingerprint density at radius 3 is 2.72 bits per heavy atom. The van der Waals surface area contributed by atoms with Gasteiger partial charge in [-0.1, -0.05) is 0 Å². The van der Waals surface area contributed by atoms with Gasteiger partial charge in [0.1, 0.15) is 5.56 Å². The highest BCUT2D eigenvalue weighted by Crippen LogP contribution is 2.19. The van der Waals surface area contributed by atoms with Gasteiger partial charge >= 0.3 is 5.97 Å². The SMILES string of the molecule is CCOc1ncccc1C(=O)OCC(=O)N(CC)[C@H]1CCS(=O)(=O)C1. The van der Waals surface area contributed by atoms with Crippen LogP contribution in [-0.2, 0) is 19.4 Å². The molecule has 0 aromatic carbocycles. The summed E-state index contributed by atoms with van der Waals surface area (Å²) in [5, 5.41) is 0. The zero-order valence-corrected chi connectivity index (χ0v) is 15.1. The highest BCUT2D eigenvalue weighted by Gasteiger charge is 2.34. The van der Waals surface area contributed by atoms with Crippen LogP contribution in [0.25, 0.3) is 0 Å². The highest BCUT2D eigenvalue weighted by atomic mass is 32.2. The van der Waals surface area contributed by atoms with Gasteiger partial charge in [-0.15, -0.1) is 0 Å². The third-order valence-corrected chi connectivity index (χ3v) is 5.66. The molecule has 2 rings (SSSR count). The van der Waals surface area contributed by atoms with E-state index < -0.39 is 28.3 Å². The van der Waals surface area contributed by atoms with E-state index in [0.29, 0.717) is 19.6 Å². The summed E-state index contributed by atoms with van der Waals surface area (Å²) in [4.78, 5) is 29.9. The largest absolute Gasteiger partial charge is 0.477 e. The Labute approximate surface area is 147 Å². The van der Waals surface area contributed by atoms with Crippen LogP contribution in [0.3, 0.4) is 0 Å². The third kappa shape index (κ3) is 4.91. The lowest BCUT2D eigenvalue weighted by Gasteiger charge is -2.26. The maximum absolute atomic E-state index is 12.3. The van der Waals surface area contributed by atoms with E-state index in [9.17, 15) is 18.0 Å². The molecule has 0 radical (unpaired) electrons. The van der Waals surface area contributed by atoms with E-state index in [4.69, 9.17) is 9.47 Å². The average Bonchev–Trinajstić information content (AvgIpc) is 2.94. The number of likely N-dealkylation sites (N-methyl/N-ethyl adjacent to an activating group) is 1. The van der Waals surface area contributed by atoms with Gasteiger partial charge in [0.25, 0.3) is 5.91 Å². The molecule has 0 N–H and O–H groups in total. The summed E-state index contributed by atoms with van der Waals surface area (Å²) >= 11 is 0. The van der Waals surface area contributed by atoms with Crippen molar-refractivity contribution in [1.82, 2.24) is 9.88 Å². The second kappa shape index (κ2) is 8.28. The first kappa shape index (κ1) is 19.2. The summed E-state index contributed by atoms with van der Waals surface area (Å²) < 4.78 is 33.5. The molecule has 1 aromatic heterocycles. The van der Waals surface area contributed by atoms with Gasteiger partial charge in [-0.2, -0.15) is 0 Å². The van der Waals surface area contributed by atoms with Gasteiger partial charge < -0.3 is 14.4 Å². The van der Waals surface area contributed by atoms with Crippen LogP contribution in [-0.4, -0.2) is 67.5 Å². The number of pyridine rings is 1. The van der Waals surface area contributed by atoms with Gasteiger partial charge in [0.05, 0.1) is 18.1 Å². The molecule has 25 heavy (non-hydrogen) atoms. The monoisotopic (exact) mass is 370 g/mol. The van der Waals surface area contributed by atoms with Crippen LogP contribution in [0.2, 0.25) is 0 Å². The van der Waals surface area contributed by atoms with Crippen LogP contribution in [0.1, 0.15) is 30.6 Å². The molecule has 1 aliphatic heterocycles. The van der Waals surface area contributed by atoms with Gasteiger partial charge in [0.15, 0.2) is 16.4 Å². The molecule has 1 atom stereocenters. The van der Waals surface area contributed by atoms with E-state index in [-0.39, 0.29) is 29.0 Å². The molecule has 1 fully saturated rings. The fourth-order valence-electron chi connectivity index (χ4n) is 2.75. The average molecular weight is 370 g/mol. The molecule has 9 heteroatoms. The van der Waals surface area contributed by atoms with Crippen molar-refractivity contribution < 1.29 is 27.5 Å². The number of rotatable bonds is 7. The van der Waals surface area contributed by atoms with Crippen LogP contribution in [0, 0.1) is 0 Å². The smallest absolute Gasteiger partial charge is 0.344 e. The number of amides is 1. The number of nitrogens with zero attached hydrogens (tertiary/aromatic N) is 2. The topological polar surface area (TPSA) is 103 Å². The van der Waals surface area contributed by atoms with E-state index in [0.717, 1.165) is 0 Å². The lowest BCUT2D eigenvalue weighted by atomic mass is 10.2. The summed E-state index contributed by atoms with van der Waals surface area (Å²) in [6.07, 6.45) is 1.90. The van der Waals surface area contributed by atoms with Gasteiger partial charge in [0.2, 0.25) is 5.88 Å². The van der Waals surface area contributed by atoms with Crippen molar-refractivity contribution >= 4 is 21.7 Å². The lowest BCUT2D eigenvalue weighted by Crippen LogP contribution is -2.43. The summed E-state index contributed by atoms with van der Waals surface area (Å²) in [7, 11) is -3.10. The van der Waals surface area contributed by atoms with Crippen molar-refractivity contribution in [2.45, 2.75) is 26.3 Å². The summed E-state index contributed by atoms with van der Waals surface area (Å²) in [6.45, 7) is 3.77. The summed E-state index contributed by atoms with van der Waals surface area (Å²) in [6, 6.07) is 2.72. The Morgan fingerprint density at radius 1 is 1.36 bits per heavy atom. The van der Waals surface area contributed by atoms with E-state index in [1.54, 1.807) is 19.9 Å². The van der Waals surface area contributed by atoms with Gasteiger partial charge in [0, 0.05) is 18.8 Å². The first-order chi connectivity index (χ1) is 11.9. The first-order valence-electron chi connectivity index (χ1n) is 8.12. The van der Waals surface area contributed by atoms with Crippen molar-refractivity contribution in [2.24, 2.45) is 0 Å². The minimum atomic E-state index is -3.10. The predicted molar refractivity (Wildman–Crippen MR) is 90.1 cm³/mol. The number of aromatic nitrogens is 1. The Kier molecular flexibility index (Phi) is 6.35. The van der Waals surface area contributed by atoms with Crippen molar-refractivity contribution in [3.05, 3.63) is 23.9 Å². The molecule has 0 saturated carbocycles. The number of hydrogen-bond acceptors (Lipinski definition) is 7. The maximum Gasteiger partial charge on any atom is 0.344 e. The van der Waals surface area contributed by atoms with E-state index in [1.807, 2.05) is 0 Å². The Balaban J connectivity index is 1.98. The maximum atomic E-state index is 12.3. The normalized spacial score (nSPS) is 18.6. The molecule has 1 amide bonds. The van der Waals surface area contributed by atoms with Crippen LogP contribution in [0.15, 0.2) is 18.3 Å². The number of sulfone groups is 1. The second-order valence-corrected chi connectivity index (χ2v) is 7.83. The molecule has 8 nitrogen and oxygen atoms in total. The van der Waals surface area contributed by atoms with Gasteiger partial charge in [-0.25, -0.2) is 18.2 Å². The summed E-state index contributed by atoms with van der Waals surface area (Å²) in [5.41, 5.74) is 0.142. The molecule has 0 aliphatic carbocycles. The molecule has 0 unspecified atom stereocenters. The quantitative estimate of drug-likeness (QED) is 0.650. The van der Waals surface area contributed by atoms with Gasteiger partial charge in [-0.05, 0) is 32.4 Å². The molecular formula is C16H22N2O6S. The molecule has 1 aliphatic rings. The van der Waals surface area contributed by atoms with Crippen LogP contribution in [0.4, 0.5) is 0 Å². The van der Waals surface area contributed by atoms with Gasteiger partial charge in [-0.3, -0.25) is 4.79 Å². The zero-order chi connectivity index (χ0) is 18.4. The van der Waals surface area contributed by atoms with Crippen LogP contribution in [0.5, 0.6) is 5.88 Å². The summed E-state index contributed by atoms with van der Waals surface area (Å²) in [5.74, 6) is -0.941. The third-order valence-electron chi connectivity index (χ3n) is 3.91. The lowest BCUT2D eigenvalue weighted by molar-refractivity contribution is -0.136. The number of carbonyl (C=O) groups excluding carboxylic acids is 2.